The minimum Gasteiger partial charge on any atom is -0.352 e. The lowest BCUT2D eigenvalue weighted by Crippen LogP contribution is -2.32. The van der Waals surface area contributed by atoms with Crippen LogP contribution in [0.2, 0.25) is 0 Å². The number of carbonyl (C=O) groups is 1. The van der Waals surface area contributed by atoms with Crippen molar-refractivity contribution < 1.29 is 4.79 Å². The molecule has 0 aromatic carbocycles. The Labute approximate surface area is 83.5 Å². The topological polar surface area (TPSA) is 42.0 Å². The number of amides is 1. The quantitative estimate of drug-likeness (QED) is 0.729. The van der Waals surface area contributed by atoms with E-state index in [2.05, 4.69) is 24.1 Å². The summed E-state index contributed by atoms with van der Waals surface area (Å²) in [5.74, 6) is 0.449. The molecule has 1 N–H and O–H groups in total. The van der Waals surface area contributed by atoms with Gasteiger partial charge in [-0.3, -0.25) is 9.78 Å². The molecule has 3 heteroatoms. The Morgan fingerprint density at radius 3 is 2.93 bits per heavy atom. The van der Waals surface area contributed by atoms with Crippen LogP contribution in [0.3, 0.4) is 0 Å². The predicted molar refractivity (Wildman–Crippen MR) is 54.4 cm³/mol. The standard InChI is InChI=1S/C11H14N2O/c1-7(2)9-5-12-6-10-8(9)3-4-13-11(10)14/h5-7H,3-4H2,1-2H3,(H,13,14). The second kappa shape index (κ2) is 3.40. The van der Waals surface area contributed by atoms with Gasteiger partial charge in [-0.15, -0.1) is 0 Å². The molecule has 1 aromatic heterocycles. The minimum atomic E-state index is 0.0150. The third-order valence-electron chi connectivity index (χ3n) is 2.62. The van der Waals surface area contributed by atoms with E-state index >= 15 is 0 Å². The Kier molecular flexibility index (Phi) is 2.23. The summed E-state index contributed by atoms with van der Waals surface area (Å²) in [7, 11) is 0. The summed E-state index contributed by atoms with van der Waals surface area (Å²) in [6.45, 7) is 5.00. The summed E-state index contributed by atoms with van der Waals surface area (Å²) in [6, 6.07) is 0. The SMILES string of the molecule is CC(C)c1cncc2c1CCNC2=O. The molecule has 0 spiro atoms. The third-order valence-corrected chi connectivity index (χ3v) is 2.62. The van der Waals surface area contributed by atoms with Crippen molar-refractivity contribution in [3.8, 4) is 0 Å². The van der Waals surface area contributed by atoms with Crippen molar-refractivity contribution in [1.82, 2.24) is 10.3 Å². The molecule has 0 saturated carbocycles. The van der Waals surface area contributed by atoms with Gasteiger partial charge in [-0.2, -0.15) is 0 Å². The predicted octanol–water partition coefficient (Wildman–Crippen LogP) is 1.49. The first-order valence-electron chi connectivity index (χ1n) is 4.95. The molecule has 1 aliphatic rings. The first kappa shape index (κ1) is 9.19. The van der Waals surface area contributed by atoms with E-state index in [1.165, 1.54) is 11.1 Å². The van der Waals surface area contributed by atoms with Gasteiger partial charge in [-0.25, -0.2) is 0 Å². The van der Waals surface area contributed by atoms with Crippen LogP contribution in [0.4, 0.5) is 0 Å². The normalized spacial score (nSPS) is 15.2. The molecule has 1 aliphatic heterocycles. The van der Waals surface area contributed by atoms with E-state index in [4.69, 9.17) is 0 Å². The van der Waals surface area contributed by atoms with Crippen molar-refractivity contribution in [2.45, 2.75) is 26.2 Å². The molecule has 2 heterocycles. The summed E-state index contributed by atoms with van der Waals surface area (Å²) >= 11 is 0. The number of nitrogens with zero attached hydrogens (tertiary/aromatic N) is 1. The average molecular weight is 190 g/mol. The fraction of sp³-hybridized carbons (Fsp3) is 0.455. The van der Waals surface area contributed by atoms with Gasteiger partial charge in [0.05, 0.1) is 5.56 Å². The summed E-state index contributed by atoms with van der Waals surface area (Å²) in [5.41, 5.74) is 3.14. The van der Waals surface area contributed by atoms with Crippen molar-refractivity contribution in [3.63, 3.8) is 0 Å². The number of pyridine rings is 1. The first-order valence-corrected chi connectivity index (χ1v) is 4.95. The van der Waals surface area contributed by atoms with E-state index < -0.39 is 0 Å². The number of rotatable bonds is 1. The number of fused-ring (bicyclic) bond motifs is 1. The molecule has 1 aromatic rings. The fourth-order valence-corrected chi connectivity index (χ4v) is 1.87. The molecule has 0 bridgehead atoms. The van der Waals surface area contributed by atoms with Gasteiger partial charge >= 0.3 is 0 Å². The van der Waals surface area contributed by atoms with Crippen LogP contribution in [-0.2, 0) is 6.42 Å². The second-order valence-electron chi connectivity index (χ2n) is 3.92. The van der Waals surface area contributed by atoms with Gasteiger partial charge in [0, 0.05) is 18.9 Å². The molecule has 0 fully saturated rings. The molecule has 14 heavy (non-hydrogen) atoms. The maximum Gasteiger partial charge on any atom is 0.253 e. The molecule has 0 aliphatic carbocycles. The van der Waals surface area contributed by atoms with Gasteiger partial charge < -0.3 is 5.32 Å². The zero-order valence-electron chi connectivity index (χ0n) is 8.50. The lowest BCUT2D eigenvalue weighted by Gasteiger charge is -2.20. The molecular weight excluding hydrogens is 176 g/mol. The largest absolute Gasteiger partial charge is 0.352 e. The van der Waals surface area contributed by atoms with Crippen molar-refractivity contribution in [2.75, 3.05) is 6.54 Å². The number of hydrogen-bond donors (Lipinski definition) is 1. The summed E-state index contributed by atoms with van der Waals surface area (Å²) in [4.78, 5) is 15.6. The molecule has 3 nitrogen and oxygen atoms in total. The second-order valence-corrected chi connectivity index (χ2v) is 3.92. The average Bonchev–Trinajstić information content (AvgIpc) is 2.17. The summed E-state index contributed by atoms with van der Waals surface area (Å²) in [5, 5.41) is 2.83. The first-order chi connectivity index (χ1) is 6.70. The Morgan fingerprint density at radius 2 is 2.21 bits per heavy atom. The highest BCUT2D eigenvalue weighted by atomic mass is 16.1. The number of hydrogen-bond acceptors (Lipinski definition) is 2. The van der Waals surface area contributed by atoms with Crippen LogP contribution in [0, 0.1) is 0 Å². The molecule has 2 rings (SSSR count). The summed E-state index contributed by atoms with van der Waals surface area (Å²) < 4.78 is 0. The van der Waals surface area contributed by atoms with E-state index in [-0.39, 0.29) is 5.91 Å². The number of carbonyl (C=O) groups excluding carboxylic acids is 1. The lowest BCUT2D eigenvalue weighted by atomic mass is 9.92. The number of nitrogens with one attached hydrogen (secondary N) is 1. The molecule has 1 amide bonds. The Balaban J connectivity index is 2.55. The van der Waals surface area contributed by atoms with Gasteiger partial charge in [0.25, 0.3) is 5.91 Å². The Hall–Kier alpha value is -1.38. The minimum absolute atomic E-state index is 0.0150. The van der Waals surface area contributed by atoms with Crippen LogP contribution < -0.4 is 5.32 Å². The van der Waals surface area contributed by atoms with Crippen molar-refractivity contribution >= 4 is 5.91 Å². The zero-order valence-corrected chi connectivity index (χ0v) is 8.50. The van der Waals surface area contributed by atoms with Gasteiger partial charge in [0.2, 0.25) is 0 Å². The van der Waals surface area contributed by atoms with Crippen LogP contribution in [0.5, 0.6) is 0 Å². The van der Waals surface area contributed by atoms with Crippen LogP contribution >= 0.6 is 0 Å². The third kappa shape index (κ3) is 1.39. The van der Waals surface area contributed by atoms with E-state index in [1.54, 1.807) is 6.20 Å². The van der Waals surface area contributed by atoms with E-state index in [0.29, 0.717) is 5.92 Å². The van der Waals surface area contributed by atoms with E-state index in [0.717, 1.165) is 18.5 Å². The van der Waals surface area contributed by atoms with Gasteiger partial charge in [-0.05, 0) is 23.5 Å². The Bertz CT molecular complexity index is 372. The van der Waals surface area contributed by atoms with Crippen molar-refractivity contribution in [3.05, 3.63) is 29.1 Å². The smallest absolute Gasteiger partial charge is 0.253 e. The molecule has 0 radical (unpaired) electrons. The highest BCUT2D eigenvalue weighted by Crippen LogP contribution is 2.23. The van der Waals surface area contributed by atoms with Crippen LogP contribution in [-0.4, -0.2) is 17.4 Å². The highest BCUT2D eigenvalue weighted by Gasteiger charge is 2.20. The summed E-state index contributed by atoms with van der Waals surface area (Å²) in [6.07, 6.45) is 4.47. The molecule has 0 saturated heterocycles. The van der Waals surface area contributed by atoms with E-state index in [1.807, 2.05) is 6.20 Å². The number of aromatic nitrogens is 1. The Morgan fingerprint density at radius 1 is 1.43 bits per heavy atom. The van der Waals surface area contributed by atoms with Crippen LogP contribution in [0.1, 0.15) is 41.3 Å². The van der Waals surface area contributed by atoms with Crippen molar-refractivity contribution in [2.24, 2.45) is 0 Å². The van der Waals surface area contributed by atoms with Crippen molar-refractivity contribution in [1.29, 1.82) is 0 Å². The van der Waals surface area contributed by atoms with Gasteiger partial charge in [-0.1, -0.05) is 13.8 Å². The van der Waals surface area contributed by atoms with Gasteiger partial charge in [0.1, 0.15) is 0 Å². The van der Waals surface area contributed by atoms with Gasteiger partial charge in [0.15, 0.2) is 0 Å². The monoisotopic (exact) mass is 190 g/mol. The zero-order chi connectivity index (χ0) is 10.1. The lowest BCUT2D eigenvalue weighted by molar-refractivity contribution is 0.0945. The molecule has 74 valence electrons. The van der Waals surface area contributed by atoms with E-state index in [9.17, 15) is 4.79 Å². The highest BCUT2D eigenvalue weighted by molar-refractivity contribution is 5.96. The van der Waals surface area contributed by atoms with Crippen LogP contribution in [0.15, 0.2) is 12.4 Å². The maximum absolute atomic E-state index is 11.5. The van der Waals surface area contributed by atoms with Crippen LogP contribution in [0.25, 0.3) is 0 Å². The molecular formula is C11H14N2O. The molecule has 0 unspecified atom stereocenters. The molecule has 0 atom stereocenters. The fourth-order valence-electron chi connectivity index (χ4n) is 1.87. The maximum atomic E-state index is 11.5.